The Balaban J connectivity index is 2.10. The summed E-state index contributed by atoms with van der Waals surface area (Å²) in [6.07, 6.45) is 3.90. The third kappa shape index (κ3) is 1.53. The number of carboxylic acid groups (broad SMARTS) is 1. The highest BCUT2D eigenvalue weighted by Gasteiger charge is 2.51. The summed E-state index contributed by atoms with van der Waals surface area (Å²) in [4.78, 5) is 14.5. The van der Waals surface area contributed by atoms with E-state index in [4.69, 9.17) is 5.11 Å². The molecule has 18 heavy (non-hydrogen) atoms. The van der Waals surface area contributed by atoms with Crippen LogP contribution in [0.5, 0.6) is 0 Å². The molecule has 0 amide bonds. The summed E-state index contributed by atoms with van der Waals surface area (Å²) in [5.74, 6) is -0.735. The van der Waals surface area contributed by atoms with Crippen LogP contribution in [0.4, 0.5) is 0 Å². The number of aromatic amines is 1. The Morgan fingerprint density at radius 2 is 2.17 bits per heavy atom. The molecule has 3 rings (SSSR count). The number of H-pyrrole nitrogens is 1. The summed E-state index contributed by atoms with van der Waals surface area (Å²) in [7, 11) is 0. The monoisotopic (exact) mass is 245 g/mol. The molecule has 1 fully saturated rings. The van der Waals surface area contributed by atoms with Crippen LogP contribution in [0, 0.1) is 0 Å². The van der Waals surface area contributed by atoms with Gasteiger partial charge in [-0.15, -0.1) is 0 Å². The fraction of sp³-hybridized carbons (Fsp3) is 0.357. The van der Waals surface area contributed by atoms with Gasteiger partial charge in [-0.25, -0.2) is 0 Å². The minimum Gasteiger partial charge on any atom is -0.481 e. The van der Waals surface area contributed by atoms with Crippen molar-refractivity contribution in [1.82, 2.24) is 4.98 Å². The van der Waals surface area contributed by atoms with Gasteiger partial charge < -0.3 is 15.2 Å². The van der Waals surface area contributed by atoms with Crippen LogP contribution in [0.3, 0.4) is 0 Å². The summed E-state index contributed by atoms with van der Waals surface area (Å²) in [6.45, 7) is 0.0985. The van der Waals surface area contributed by atoms with Crippen molar-refractivity contribution < 1.29 is 15.0 Å². The molecule has 2 aromatic rings. The van der Waals surface area contributed by atoms with E-state index in [9.17, 15) is 9.90 Å². The highest BCUT2D eigenvalue weighted by Crippen LogP contribution is 2.49. The van der Waals surface area contributed by atoms with Gasteiger partial charge in [0.15, 0.2) is 0 Å². The molecule has 1 aliphatic rings. The molecule has 0 bridgehead atoms. The van der Waals surface area contributed by atoms with Gasteiger partial charge in [-0.1, -0.05) is 6.07 Å². The molecular weight excluding hydrogens is 230 g/mol. The van der Waals surface area contributed by atoms with E-state index in [1.54, 1.807) is 0 Å². The molecule has 4 nitrogen and oxygen atoms in total. The molecule has 0 unspecified atom stereocenters. The molecular formula is C14H15NO3. The fourth-order valence-corrected chi connectivity index (χ4v) is 2.55. The van der Waals surface area contributed by atoms with Crippen LogP contribution in [0.1, 0.15) is 24.0 Å². The van der Waals surface area contributed by atoms with Crippen LogP contribution in [-0.4, -0.2) is 27.8 Å². The van der Waals surface area contributed by atoms with Crippen molar-refractivity contribution in [2.75, 3.05) is 6.61 Å². The van der Waals surface area contributed by atoms with Gasteiger partial charge >= 0.3 is 5.97 Å². The van der Waals surface area contributed by atoms with E-state index in [-0.39, 0.29) is 6.61 Å². The molecule has 0 aliphatic heterocycles. The Hall–Kier alpha value is -1.81. The summed E-state index contributed by atoms with van der Waals surface area (Å²) in [5, 5.41) is 19.3. The molecule has 0 spiro atoms. The van der Waals surface area contributed by atoms with Crippen LogP contribution in [0.2, 0.25) is 0 Å². The normalized spacial score (nSPS) is 16.9. The van der Waals surface area contributed by atoms with Crippen molar-refractivity contribution in [1.29, 1.82) is 0 Å². The molecule has 1 aromatic heterocycles. The Kier molecular flexibility index (Phi) is 2.41. The molecule has 1 saturated carbocycles. The maximum Gasteiger partial charge on any atom is 0.314 e. The number of carbonyl (C=O) groups is 1. The smallest absolute Gasteiger partial charge is 0.314 e. The van der Waals surface area contributed by atoms with Crippen molar-refractivity contribution in [3.63, 3.8) is 0 Å². The van der Waals surface area contributed by atoms with Gasteiger partial charge in [0.1, 0.15) is 0 Å². The predicted octanol–water partition coefficient (Wildman–Crippen LogP) is 1.82. The molecule has 94 valence electrons. The maximum absolute atomic E-state index is 11.3. The zero-order chi connectivity index (χ0) is 12.8. The average molecular weight is 245 g/mol. The first-order valence-electron chi connectivity index (χ1n) is 6.12. The Bertz CT molecular complexity index is 611. The zero-order valence-electron chi connectivity index (χ0n) is 9.94. The van der Waals surface area contributed by atoms with E-state index in [1.807, 2.05) is 24.4 Å². The maximum atomic E-state index is 11.3. The van der Waals surface area contributed by atoms with E-state index in [2.05, 4.69) is 4.98 Å². The first-order chi connectivity index (χ1) is 8.67. The van der Waals surface area contributed by atoms with Gasteiger partial charge in [-0.05, 0) is 42.5 Å². The lowest BCUT2D eigenvalue weighted by Gasteiger charge is -2.10. The number of rotatable bonds is 4. The number of aliphatic carboxylic acids is 1. The lowest BCUT2D eigenvalue weighted by Crippen LogP contribution is -2.19. The number of fused-ring (bicyclic) bond motifs is 1. The third-order valence-electron chi connectivity index (χ3n) is 3.86. The van der Waals surface area contributed by atoms with Crippen LogP contribution in [-0.2, 0) is 16.6 Å². The predicted molar refractivity (Wildman–Crippen MR) is 67.6 cm³/mol. The number of hydrogen-bond acceptors (Lipinski definition) is 2. The van der Waals surface area contributed by atoms with E-state index in [1.165, 1.54) is 0 Å². The van der Waals surface area contributed by atoms with Gasteiger partial charge in [0.05, 0.1) is 5.41 Å². The Morgan fingerprint density at radius 1 is 1.39 bits per heavy atom. The Labute approximate surface area is 104 Å². The van der Waals surface area contributed by atoms with Crippen LogP contribution < -0.4 is 0 Å². The van der Waals surface area contributed by atoms with Crippen molar-refractivity contribution in [2.24, 2.45) is 0 Å². The van der Waals surface area contributed by atoms with Crippen LogP contribution >= 0.6 is 0 Å². The summed E-state index contributed by atoms with van der Waals surface area (Å²) < 4.78 is 0. The largest absolute Gasteiger partial charge is 0.481 e. The van der Waals surface area contributed by atoms with Gasteiger partial charge in [0.25, 0.3) is 0 Å². The second-order valence-corrected chi connectivity index (χ2v) is 4.94. The van der Waals surface area contributed by atoms with Gasteiger partial charge in [0, 0.05) is 23.7 Å². The van der Waals surface area contributed by atoms with Gasteiger partial charge in [0.2, 0.25) is 0 Å². The number of aromatic nitrogens is 1. The average Bonchev–Trinajstić information content (AvgIpc) is 3.09. The molecule has 1 aromatic carbocycles. The van der Waals surface area contributed by atoms with E-state index >= 15 is 0 Å². The minimum absolute atomic E-state index is 0.0985. The number of hydrogen-bond donors (Lipinski definition) is 3. The van der Waals surface area contributed by atoms with Gasteiger partial charge in [-0.3, -0.25) is 4.79 Å². The molecule has 4 heteroatoms. The lowest BCUT2D eigenvalue weighted by molar-refractivity contribution is -0.140. The SMILES string of the molecule is O=C(O)C1(c2ccc3[nH]cc(CCO)c3c2)CC1. The van der Waals surface area contributed by atoms with Crippen molar-refractivity contribution in [2.45, 2.75) is 24.7 Å². The third-order valence-corrected chi connectivity index (χ3v) is 3.86. The van der Waals surface area contributed by atoms with Crippen LogP contribution in [0.25, 0.3) is 10.9 Å². The number of benzene rings is 1. The quantitative estimate of drug-likeness (QED) is 0.769. The lowest BCUT2D eigenvalue weighted by atomic mass is 9.94. The molecule has 0 radical (unpaired) electrons. The standard InChI is InChI=1S/C14H15NO3/c16-6-3-9-8-15-12-2-1-10(7-11(9)12)14(4-5-14)13(17)18/h1-2,7-8,15-16H,3-6H2,(H,17,18). The highest BCUT2D eigenvalue weighted by atomic mass is 16.4. The van der Waals surface area contributed by atoms with Gasteiger partial charge in [-0.2, -0.15) is 0 Å². The summed E-state index contributed by atoms with van der Waals surface area (Å²) in [6, 6.07) is 5.77. The number of nitrogens with one attached hydrogen (secondary N) is 1. The molecule has 3 N–H and O–H groups in total. The topological polar surface area (TPSA) is 73.3 Å². The number of aliphatic hydroxyl groups excluding tert-OH is 1. The molecule has 1 heterocycles. The second-order valence-electron chi connectivity index (χ2n) is 4.94. The van der Waals surface area contributed by atoms with E-state index in [0.717, 1.165) is 22.0 Å². The Morgan fingerprint density at radius 3 is 2.78 bits per heavy atom. The first-order valence-corrected chi connectivity index (χ1v) is 6.12. The van der Waals surface area contributed by atoms with Crippen molar-refractivity contribution in [3.8, 4) is 0 Å². The van der Waals surface area contributed by atoms with E-state index in [0.29, 0.717) is 19.3 Å². The summed E-state index contributed by atoms with van der Waals surface area (Å²) in [5.41, 5.74) is 2.24. The minimum atomic E-state index is -0.735. The van der Waals surface area contributed by atoms with E-state index < -0.39 is 11.4 Å². The zero-order valence-corrected chi connectivity index (χ0v) is 9.94. The second kappa shape index (κ2) is 3.85. The van der Waals surface area contributed by atoms with Crippen molar-refractivity contribution in [3.05, 3.63) is 35.5 Å². The molecule has 0 atom stereocenters. The summed E-state index contributed by atoms with van der Waals surface area (Å²) >= 11 is 0. The first kappa shape index (κ1) is 11.3. The fourth-order valence-electron chi connectivity index (χ4n) is 2.55. The highest BCUT2D eigenvalue weighted by molar-refractivity contribution is 5.89. The van der Waals surface area contributed by atoms with Crippen molar-refractivity contribution >= 4 is 16.9 Å². The molecule has 1 aliphatic carbocycles. The van der Waals surface area contributed by atoms with Crippen LogP contribution in [0.15, 0.2) is 24.4 Å². The molecule has 0 saturated heterocycles. The number of carboxylic acids is 1. The number of aliphatic hydroxyl groups is 1.